The first-order valence-corrected chi connectivity index (χ1v) is 3.88. The fourth-order valence-corrected chi connectivity index (χ4v) is 1.21. The molecule has 0 aromatic heterocycles. The molecule has 1 aromatic rings. The van der Waals surface area contributed by atoms with E-state index in [0.29, 0.717) is 0 Å². The molecule has 0 bridgehead atoms. The molecule has 0 saturated carbocycles. The molecule has 1 heterocycles. The third kappa shape index (κ3) is 1.30. The SMILES string of the molecule is Fc1ccc(N2C=NCC2)cc1. The van der Waals surface area contributed by atoms with Gasteiger partial charge in [0.05, 0.1) is 12.9 Å². The van der Waals surface area contributed by atoms with Crippen LogP contribution in [0.5, 0.6) is 0 Å². The van der Waals surface area contributed by atoms with E-state index in [1.165, 1.54) is 12.1 Å². The summed E-state index contributed by atoms with van der Waals surface area (Å²) in [6, 6.07) is 6.43. The van der Waals surface area contributed by atoms with Crippen molar-refractivity contribution in [3.05, 3.63) is 30.1 Å². The highest BCUT2D eigenvalue weighted by atomic mass is 19.1. The van der Waals surface area contributed by atoms with Gasteiger partial charge in [-0.1, -0.05) is 0 Å². The van der Waals surface area contributed by atoms with Gasteiger partial charge in [0.2, 0.25) is 0 Å². The normalized spacial score (nSPS) is 15.6. The number of halogens is 1. The van der Waals surface area contributed by atoms with E-state index >= 15 is 0 Å². The Morgan fingerprint density at radius 2 is 2.00 bits per heavy atom. The molecule has 62 valence electrons. The molecule has 2 rings (SSSR count). The predicted octanol–water partition coefficient (Wildman–Crippen LogP) is 1.67. The molecule has 3 heteroatoms. The van der Waals surface area contributed by atoms with Crippen molar-refractivity contribution < 1.29 is 4.39 Å². The molecule has 0 unspecified atom stereocenters. The smallest absolute Gasteiger partial charge is 0.123 e. The minimum absolute atomic E-state index is 0.199. The lowest BCUT2D eigenvalue weighted by molar-refractivity contribution is 0.628. The zero-order valence-electron chi connectivity index (χ0n) is 6.57. The lowest BCUT2D eigenvalue weighted by Crippen LogP contribution is -2.17. The lowest BCUT2D eigenvalue weighted by atomic mass is 10.3. The molecule has 12 heavy (non-hydrogen) atoms. The molecular weight excluding hydrogens is 155 g/mol. The number of nitrogens with zero attached hydrogens (tertiary/aromatic N) is 2. The van der Waals surface area contributed by atoms with Gasteiger partial charge in [-0.25, -0.2) is 4.39 Å². The molecule has 0 atom stereocenters. The maximum Gasteiger partial charge on any atom is 0.123 e. The number of aliphatic imine (C=N–C) groups is 1. The van der Waals surface area contributed by atoms with Crippen molar-refractivity contribution in [3.63, 3.8) is 0 Å². The third-order valence-corrected chi connectivity index (χ3v) is 1.85. The molecule has 0 fully saturated rings. The van der Waals surface area contributed by atoms with E-state index in [-0.39, 0.29) is 5.82 Å². The Labute approximate surface area is 70.3 Å². The summed E-state index contributed by atoms with van der Waals surface area (Å²) in [7, 11) is 0. The highest BCUT2D eigenvalue weighted by Gasteiger charge is 2.06. The van der Waals surface area contributed by atoms with Gasteiger partial charge in [0.15, 0.2) is 0 Å². The van der Waals surface area contributed by atoms with Crippen LogP contribution in [0.15, 0.2) is 29.3 Å². The van der Waals surface area contributed by atoms with Gasteiger partial charge >= 0.3 is 0 Å². The zero-order chi connectivity index (χ0) is 8.39. The van der Waals surface area contributed by atoms with Gasteiger partial charge in [-0.15, -0.1) is 0 Å². The van der Waals surface area contributed by atoms with Crippen LogP contribution in [0.1, 0.15) is 0 Å². The molecule has 0 radical (unpaired) electrons. The second-order valence-corrected chi connectivity index (χ2v) is 2.69. The summed E-state index contributed by atoms with van der Waals surface area (Å²) in [5.41, 5.74) is 0.998. The number of hydrogen-bond donors (Lipinski definition) is 0. The monoisotopic (exact) mass is 164 g/mol. The van der Waals surface area contributed by atoms with Crippen LogP contribution in [0, 0.1) is 5.82 Å². The topological polar surface area (TPSA) is 15.6 Å². The summed E-state index contributed by atoms with van der Waals surface area (Å²) >= 11 is 0. The maximum atomic E-state index is 12.5. The van der Waals surface area contributed by atoms with Crippen molar-refractivity contribution in [1.82, 2.24) is 0 Å². The quantitative estimate of drug-likeness (QED) is 0.616. The Balaban J connectivity index is 2.23. The first-order chi connectivity index (χ1) is 5.86. The number of rotatable bonds is 1. The Hall–Kier alpha value is -1.38. The number of hydrogen-bond acceptors (Lipinski definition) is 2. The van der Waals surface area contributed by atoms with E-state index in [4.69, 9.17) is 0 Å². The van der Waals surface area contributed by atoms with Crippen LogP contribution in [-0.2, 0) is 0 Å². The van der Waals surface area contributed by atoms with Crippen LogP contribution < -0.4 is 4.90 Å². The molecule has 0 saturated heterocycles. The third-order valence-electron chi connectivity index (χ3n) is 1.85. The van der Waals surface area contributed by atoms with Crippen molar-refractivity contribution >= 4 is 12.0 Å². The van der Waals surface area contributed by atoms with Crippen molar-refractivity contribution in [2.24, 2.45) is 4.99 Å². The largest absolute Gasteiger partial charge is 0.331 e. The predicted molar refractivity (Wildman–Crippen MR) is 47.1 cm³/mol. The second-order valence-electron chi connectivity index (χ2n) is 2.69. The van der Waals surface area contributed by atoms with Crippen LogP contribution in [0.3, 0.4) is 0 Å². The average Bonchev–Trinajstić information content (AvgIpc) is 2.58. The summed E-state index contributed by atoms with van der Waals surface area (Å²) < 4.78 is 12.5. The zero-order valence-corrected chi connectivity index (χ0v) is 6.57. The Morgan fingerprint density at radius 3 is 2.58 bits per heavy atom. The minimum Gasteiger partial charge on any atom is -0.331 e. The summed E-state index contributed by atoms with van der Waals surface area (Å²) in [5, 5.41) is 0. The summed E-state index contributed by atoms with van der Waals surface area (Å²) in [6.07, 6.45) is 1.78. The van der Waals surface area contributed by atoms with E-state index in [1.807, 2.05) is 4.90 Å². The standard InChI is InChI=1S/C9H9FN2/c10-8-1-3-9(4-2-8)12-6-5-11-7-12/h1-4,7H,5-6H2. The lowest BCUT2D eigenvalue weighted by Gasteiger charge is -2.12. The van der Waals surface area contributed by atoms with Gasteiger partial charge in [-0.05, 0) is 24.3 Å². The molecule has 1 aromatic carbocycles. The Bertz CT molecular complexity index is 292. The average molecular weight is 164 g/mol. The van der Waals surface area contributed by atoms with Gasteiger partial charge in [-0.2, -0.15) is 0 Å². The van der Waals surface area contributed by atoms with E-state index in [1.54, 1.807) is 18.5 Å². The van der Waals surface area contributed by atoms with Crippen LogP contribution in [0.25, 0.3) is 0 Å². The van der Waals surface area contributed by atoms with Crippen LogP contribution >= 0.6 is 0 Å². The highest BCUT2D eigenvalue weighted by molar-refractivity contribution is 5.80. The minimum atomic E-state index is -0.199. The van der Waals surface area contributed by atoms with Crippen LogP contribution in [0.4, 0.5) is 10.1 Å². The van der Waals surface area contributed by atoms with E-state index in [0.717, 1.165) is 18.8 Å². The van der Waals surface area contributed by atoms with Gasteiger partial charge < -0.3 is 4.90 Å². The van der Waals surface area contributed by atoms with Crippen LogP contribution in [0.2, 0.25) is 0 Å². The van der Waals surface area contributed by atoms with Crippen molar-refractivity contribution in [1.29, 1.82) is 0 Å². The van der Waals surface area contributed by atoms with E-state index in [9.17, 15) is 4.39 Å². The summed E-state index contributed by atoms with van der Waals surface area (Å²) in [4.78, 5) is 6.07. The maximum absolute atomic E-state index is 12.5. The molecule has 1 aliphatic rings. The fourth-order valence-electron chi connectivity index (χ4n) is 1.21. The van der Waals surface area contributed by atoms with Crippen LogP contribution in [-0.4, -0.2) is 19.4 Å². The molecule has 0 spiro atoms. The van der Waals surface area contributed by atoms with E-state index in [2.05, 4.69) is 4.99 Å². The molecule has 1 aliphatic heterocycles. The molecule has 0 aliphatic carbocycles. The summed E-state index contributed by atoms with van der Waals surface area (Å²) in [5.74, 6) is -0.199. The number of anilines is 1. The van der Waals surface area contributed by atoms with E-state index < -0.39 is 0 Å². The van der Waals surface area contributed by atoms with Crippen molar-refractivity contribution in [3.8, 4) is 0 Å². The molecule has 2 nitrogen and oxygen atoms in total. The first kappa shape index (κ1) is 7.28. The molecular formula is C9H9FN2. The molecule has 0 amide bonds. The molecule has 0 N–H and O–H groups in total. The van der Waals surface area contributed by atoms with Gasteiger partial charge in [0.1, 0.15) is 5.82 Å². The van der Waals surface area contributed by atoms with Crippen molar-refractivity contribution in [2.75, 3.05) is 18.0 Å². The second kappa shape index (κ2) is 2.93. The fraction of sp³-hybridized carbons (Fsp3) is 0.222. The Morgan fingerprint density at radius 1 is 1.25 bits per heavy atom. The van der Waals surface area contributed by atoms with Gasteiger partial charge in [0, 0.05) is 12.2 Å². The first-order valence-electron chi connectivity index (χ1n) is 3.88. The highest BCUT2D eigenvalue weighted by Crippen LogP contribution is 2.14. The van der Waals surface area contributed by atoms with Crippen molar-refractivity contribution in [2.45, 2.75) is 0 Å². The van der Waals surface area contributed by atoms with Gasteiger partial charge in [-0.3, -0.25) is 4.99 Å². The Kier molecular flexibility index (Phi) is 1.78. The number of benzene rings is 1. The van der Waals surface area contributed by atoms with Gasteiger partial charge in [0.25, 0.3) is 0 Å². The summed E-state index contributed by atoms with van der Waals surface area (Å²) in [6.45, 7) is 1.73.